The van der Waals surface area contributed by atoms with Crippen molar-refractivity contribution < 1.29 is 0 Å². The van der Waals surface area contributed by atoms with E-state index in [0.717, 1.165) is 12.0 Å². The number of hydrogen-bond acceptors (Lipinski definition) is 2. The van der Waals surface area contributed by atoms with Crippen molar-refractivity contribution in [2.45, 2.75) is 65.3 Å². The second-order valence-corrected chi connectivity index (χ2v) is 6.82. The molecular weight excluding hydrogens is 220 g/mol. The molecule has 0 bridgehead atoms. The van der Waals surface area contributed by atoms with Gasteiger partial charge in [0.25, 0.3) is 0 Å². The normalized spacial score (nSPS) is 23.5. The van der Waals surface area contributed by atoms with Crippen molar-refractivity contribution >= 4 is 0 Å². The summed E-state index contributed by atoms with van der Waals surface area (Å²) in [6.07, 6.45) is 8.25. The minimum atomic E-state index is 0.517. The summed E-state index contributed by atoms with van der Waals surface area (Å²) >= 11 is 0. The zero-order valence-corrected chi connectivity index (χ0v) is 12.7. The van der Waals surface area contributed by atoms with E-state index in [2.05, 4.69) is 31.0 Å². The van der Waals surface area contributed by atoms with Crippen molar-refractivity contribution in [1.82, 2.24) is 10.2 Å². The van der Waals surface area contributed by atoms with Crippen molar-refractivity contribution in [3.05, 3.63) is 0 Å². The molecule has 0 atom stereocenters. The fourth-order valence-electron chi connectivity index (χ4n) is 3.12. The standard InChI is InChI=1S/C16H32N2/c1-4-16(5-2,12-17-15-6-7-15)13-18-10-8-14(3)9-11-18/h14-15,17H,4-13H2,1-3H3. The van der Waals surface area contributed by atoms with Crippen molar-refractivity contribution in [3.8, 4) is 0 Å². The quantitative estimate of drug-likeness (QED) is 0.748. The van der Waals surface area contributed by atoms with Crippen LogP contribution in [-0.4, -0.2) is 37.1 Å². The Kier molecular flexibility index (Phi) is 5.08. The minimum Gasteiger partial charge on any atom is -0.313 e. The highest BCUT2D eigenvalue weighted by Gasteiger charge is 2.32. The van der Waals surface area contributed by atoms with Crippen LogP contribution in [0.4, 0.5) is 0 Å². The van der Waals surface area contributed by atoms with Crippen LogP contribution in [0.25, 0.3) is 0 Å². The minimum absolute atomic E-state index is 0.517. The highest BCUT2D eigenvalue weighted by molar-refractivity contribution is 4.89. The largest absolute Gasteiger partial charge is 0.313 e. The van der Waals surface area contributed by atoms with E-state index in [0.29, 0.717) is 5.41 Å². The van der Waals surface area contributed by atoms with Crippen LogP contribution < -0.4 is 5.32 Å². The van der Waals surface area contributed by atoms with Crippen molar-refractivity contribution in [3.63, 3.8) is 0 Å². The number of hydrogen-bond donors (Lipinski definition) is 1. The summed E-state index contributed by atoms with van der Waals surface area (Å²) in [6.45, 7) is 12.4. The molecule has 0 aromatic carbocycles. The van der Waals surface area contributed by atoms with Gasteiger partial charge in [-0.25, -0.2) is 0 Å². The van der Waals surface area contributed by atoms with E-state index in [1.807, 2.05) is 0 Å². The van der Waals surface area contributed by atoms with Gasteiger partial charge in [-0.05, 0) is 62.9 Å². The lowest BCUT2D eigenvalue weighted by molar-refractivity contribution is 0.103. The lowest BCUT2D eigenvalue weighted by Crippen LogP contribution is -2.46. The zero-order chi connectivity index (χ0) is 13.0. The first-order valence-electron chi connectivity index (χ1n) is 8.13. The van der Waals surface area contributed by atoms with Crippen LogP contribution >= 0.6 is 0 Å². The third kappa shape index (κ3) is 3.96. The zero-order valence-electron chi connectivity index (χ0n) is 12.7. The van der Waals surface area contributed by atoms with Crippen molar-refractivity contribution in [1.29, 1.82) is 0 Å². The Labute approximate surface area is 114 Å². The molecule has 18 heavy (non-hydrogen) atoms. The molecule has 1 saturated heterocycles. The Morgan fingerprint density at radius 1 is 1.06 bits per heavy atom. The predicted molar refractivity (Wildman–Crippen MR) is 78.9 cm³/mol. The summed E-state index contributed by atoms with van der Waals surface area (Å²) in [5, 5.41) is 3.77. The van der Waals surface area contributed by atoms with Crippen LogP contribution in [0.5, 0.6) is 0 Å². The maximum absolute atomic E-state index is 3.77. The molecule has 2 aliphatic rings. The van der Waals surface area contributed by atoms with Crippen LogP contribution in [0.1, 0.15) is 59.3 Å². The fraction of sp³-hybridized carbons (Fsp3) is 1.00. The lowest BCUT2D eigenvalue weighted by Gasteiger charge is -2.40. The summed E-state index contributed by atoms with van der Waals surface area (Å²) in [6, 6.07) is 0.851. The SMILES string of the molecule is CCC(CC)(CNC1CC1)CN1CCC(C)CC1. The van der Waals surface area contributed by atoms with Crippen LogP contribution in [0.3, 0.4) is 0 Å². The summed E-state index contributed by atoms with van der Waals surface area (Å²) in [4.78, 5) is 2.72. The van der Waals surface area contributed by atoms with Gasteiger partial charge < -0.3 is 10.2 Å². The molecule has 0 radical (unpaired) electrons. The van der Waals surface area contributed by atoms with Crippen LogP contribution in [0, 0.1) is 11.3 Å². The lowest BCUT2D eigenvalue weighted by atomic mass is 9.81. The third-order valence-corrected chi connectivity index (χ3v) is 5.28. The van der Waals surface area contributed by atoms with Crippen LogP contribution in [0.2, 0.25) is 0 Å². The second kappa shape index (κ2) is 6.38. The van der Waals surface area contributed by atoms with E-state index in [1.165, 1.54) is 64.7 Å². The van der Waals surface area contributed by atoms with E-state index in [9.17, 15) is 0 Å². The number of nitrogens with one attached hydrogen (secondary N) is 1. The smallest absolute Gasteiger partial charge is 0.00684 e. The molecule has 0 aromatic heterocycles. The molecule has 1 aliphatic carbocycles. The Morgan fingerprint density at radius 2 is 1.67 bits per heavy atom. The molecule has 1 N–H and O–H groups in total. The molecule has 1 aliphatic heterocycles. The molecule has 106 valence electrons. The number of likely N-dealkylation sites (tertiary alicyclic amines) is 1. The Balaban J connectivity index is 1.83. The molecule has 1 saturated carbocycles. The number of rotatable bonds is 7. The third-order valence-electron chi connectivity index (χ3n) is 5.28. The average molecular weight is 252 g/mol. The van der Waals surface area contributed by atoms with E-state index in [-0.39, 0.29) is 0 Å². The number of nitrogens with zero attached hydrogens (tertiary/aromatic N) is 1. The predicted octanol–water partition coefficient (Wildman–Crippen LogP) is 3.28. The van der Waals surface area contributed by atoms with Gasteiger partial charge in [0.15, 0.2) is 0 Å². The molecule has 0 aromatic rings. The topological polar surface area (TPSA) is 15.3 Å². The Morgan fingerprint density at radius 3 is 2.17 bits per heavy atom. The summed E-state index contributed by atoms with van der Waals surface area (Å²) in [5.74, 6) is 0.948. The average Bonchev–Trinajstić information content (AvgIpc) is 3.21. The van der Waals surface area contributed by atoms with Crippen molar-refractivity contribution in [2.24, 2.45) is 11.3 Å². The molecule has 2 rings (SSSR count). The van der Waals surface area contributed by atoms with E-state index >= 15 is 0 Å². The van der Waals surface area contributed by atoms with Gasteiger partial charge in [-0.2, -0.15) is 0 Å². The Bertz CT molecular complexity index is 235. The van der Waals surface area contributed by atoms with E-state index in [1.54, 1.807) is 0 Å². The van der Waals surface area contributed by atoms with Crippen LogP contribution in [-0.2, 0) is 0 Å². The van der Waals surface area contributed by atoms with Gasteiger partial charge in [0.2, 0.25) is 0 Å². The second-order valence-electron chi connectivity index (χ2n) is 6.82. The first-order valence-corrected chi connectivity index (χ1v) is 8.13. The van der Waals surface area contributed by atoms with E-state index < -0.39 is 0 Å². The van der Waals surface area contributed by atoms with Gasteiger partial charge in [-0.15, -0.1) is 0 Å². The fourth-order valence-corrected chi connectivity index (χ4v) is 3.12. The number of piperidine rings is 1. The molecule has 2 fully saturated rings. The summed E-state index contributed by atoms with van der Waals surface area (Å²) < 4.78 is 0. The van der Waals surface area contributed by atoms with E-state index in [4.69, 9.17) is 0 Å². The van der Waals surface area contributed by atoms with Gasteiger partial charge in [0.1, 0.15) is 0 Å². The molecule has 2 heteroatoms. The maximum Gasteiger partial charge on any atom is 0.00684 e. The van der Waals surface area contributed by atoms with Gasteiger partial charge in [-0.3, -0.25) is 0 Å². The molecule has 1 heterocycles. The van der Waals surface area contributed by atoms with Crippen LogP contribution in [0.15, 0.2) is 0 Å². The monoisotopic (exact) mass is 252 g/mol. The van der Waals surface area contributed by atoms with Crippen molar-refractivity contribution in [2.75, 3.05) is 26.2 Å². The maximum atomic E-state index is 3.77. The van der Waals surface area contributed by atoms with Gasteiger partial charge in [-0.1, -0.05) is 20.8 Å². The molecule has 2 nitrogen and oxygen atoms in total. The highest BCUT2D eigenvalue weighted by atomic mass is 15.1. The highest BCUT2D eigenvalue weighted by Crippen LogP contribution is 2.30. The van der Waals surface area contributed by atoms with Gasteiger partial charge >= 0.3 is 0 Å². The first-order chi connectivity index (χ1) is 8.67. The molecular formula is C16H32N2. The van der Waals surface area contributed by atoms with Gasteiger partial charge in [0, 0.05) is 19.1 Å². The Hall–Kier alpha value is -0.0800. The molecule has 0 amide bonds. The summed E-state index contributed by atoms with van der Waals surface area (Å²) in [7, 11) is 0. The summed E-state index contributed by atoms with van der Waals surface area (Å²) in [5.41, 5.74) is 0.517. The van der Waals surface area contributed by atoms with Gasteiger partial charge in [0.05, 0.1) is 0 Å². The first kappa shape index (κ1) is 14.3. The molecule has 0 unspecified atom stereocenters. The molecule has 0 spiro atoms.